The summed E-state index contributed by atoms with van der Waals surface area (Å²) < 4.78 is 0.792. The van der Waals surface area contributed by atoms with Gasteiger partial charge in [-0.1, -0.05) is 76.9 Å². The third-order valence-corrected chi connectivity index (χ3v) is 3.72. The zero-order valence-corrected chi connectivity index (χ0v) is 17.5. The van der Waals surface area contributed by atoms with E-state index in [0.29, 0.717) is 0 Å². The fraction of sp³-hybridized carbons (Fsp3) is 0.850. The molecule has 2 nitrogen and oxygen atoms in total. The van der Waals surface area contributed by atoms with Crippen molar-refractivity contribution >= 4 is 20.1 Å². The average molecular weight is 390 g/mol. The maximum atomic E-state index is 5.47. The fourth-order valence-corrected chi connectivity index (χ4v) is 2.39. The van der Waals surface area contributed by atoms with Crippen LogP contribution in [0.15, 0.2) is 12.2 Å². The minimum atomic E-state index is 0.792. The zero-order valence-electron chi connectivity index (χ0n) is 15.8. The first-order chi connectivity index (χ1) is 11.1. The molecule has 0 radical (unpaired) electrons. The van der Waals surface area contributed by atoms with Crippen molar-refractivity contribution in [1.82, 2.24) is 0 Å². The molecule has 0 fully saturated rings. The van der Waals surface area contributed by atoms with Crippen LogP contribution < -0.4 is 11.5 Å². The maximum absolute atomic E-state index is 5.47. The summed E-state index contributed by atoms with van der Waals surface area (Å²) in [5.74, 6) is 0. The molecule has 4 N–H and O–H groups in total. The molecule has 0 aliphatic heterocycles. The number of unbranched alkanes of at least 4 members (excludes halogenated alkanes) is 12. The van der Waals surface area contributed by atoms with E-state index >= 15 is 0 Å². The van der Waals surface area contributed by atoms with Crippen molar-refractivity contribution in [2.24, 2.45) is 11.5 Å². The molecule has 0 aromatic heterocycles. The van der Waals surface area contributed by atoms with Crippen molar-refractivity contribution < 1.29 is 0 Å². The summed E-state index contributed by atoms with van der Waals surface area (Å²) in [5.41, 5.74) is 10.4. The van der Waals surface area contributed by atoms with Gasteiger partial charge in [0.2, 0.25) is 0 Å². The minimum absolute atomic E-state index is 0.792. The molecule has 0 rings (SSSR count). The van der Waals surface area contributed by atoms with Crippen molar-refractivity contribution in [2.45, 2.75) is 104 Å². The molecule has 0 heterocycles. The van der Waals surface area contributed by atoms with E-state index in [-0.39, 0.29) is 0 Å². The molecule has 0 amide bonds. The topological polar surface area (TPSA) is 52.0 Å². The van der Waals surface area contributed by atoms with Crippen LogP contribution >= 0.6 is 0 Å². The van der Waals surface area contributed by atoms with Gasteiger partial charge in [-0.05, 0) is 38.6 Å². The molecule has 138 valence electrons. The summed E-state index contributed by atoms with van der Waals surface area (Å²) >= 11 is 2.60. The molecule has 0 aromatic rings. The van der Waals surface area contributed by atoms with Crippen LogP contribution in [-0.4, -0.2) is 26.7 Å². The molecule has 0 aromatic carbocycles. The van der Waals surface area contributed by atoms with Gasteiger partial charge in [0.15, 0.2) is 0 Å². The van der Waals surface area contributed by atoms with Crippen LogP contribution in [0.25, 0.3) is 0 Å². The summed E-state index contributed by atoms with van der Waals surface area (Å²) in [7, 11) is 0. The number of hydrogen-bond donors (Lipinski definition) is 2. The van der Waals surface area contributed by atoms with Crippen molar-refractivity contribution in [3.05, 3.63) is 12.2 Å². The Morgan fingerprint density at radius 2 is 1.09 bits per heavy atom. The summed E-state index contributed by atoms with van der Waals surface area (Å²) in [6.07, 6.45) is 23.9. The Balaban J connectivity index is 0. The standard InChI is InChI=1S/C18H37N.C2H5NSe/c1-2-3-4-5-6-7-8-9-10-11-12-13-14-15-16-17-18-19;1-2(3)4/h9-10H,2-8,11-19H2,1H3;1H3,(H2,3,4)/b10-9-;. The normalized spacial score (nSPS) is 10.6. The van der Waals surface area contributed by atoms with Crippen LogP contribution in [0.4, 0.5) is 0 Å². The van der Waals surface area contributed by atoms with Gasteiger partial charge in [-0.2, -0.15) is 0 Å². The first-order valence-electron chi connectivity index (χ1n) is 9.76. The summed E-state index contributed by atoms with van der Waals surface area (Å²) in [6, 6.07) is 0. The predicted molar refractivity (Wildman–Crippen MR) is 109 cm³/mol. The Bertz CT molecular complexity index is 248. The molecule has 0 unspecified atom stereocenters. The Hall–Kier alpha value is -0.111. The van der Waals surface area contributed by atoms with E-state index in [9.17, 15) is 0 Å². The largest absolute Gasteiger partial charge is 0.330 e. The van der Waals surface area contributed by atoms with Crippen molar-refractivity contribution in [3.8, 4) is 0 Å². The molecule has 0 atom stereocenters. The van der Waals surface area contributed by atoms with E-state index in [1.807, 2.05) is 0 Å². The summed E-state index contributed by atoms with van der Waals surface area (Å²) in [5, 5.41) is 0. The van der Waals surface area contributed by atoms with E-state index in [0.717, 1.165) is 11.1 Å². The van der Waals surface area contributed by atoms with Crippen LogP contribution in [0.5, 0.6) is 0 Å². The molecular weight excluding hydrogens is 347 g/mol. The molecule has 0 aliphatic carbocycles. The number of hydrogen-bond acceptors (Lipinski definition) is 2. The third kappa shape index (κ3) is 34.3. The molecule has 0 saturated heterocycles. The van der Waals surface area contributed by atoms with E-state index in [4.69, 9.17) is 11.5 Å². The maximum Gasteiger partial charge on any atom is -0.00773 e. The fourth-order valence-electron chi connectivity index (χ4n) is 2.39. The van der Waals surface area contributed by atoms with E-state index < -0.39 is 0 Å². The quantitative estimate of drug-likeness (QED) is 0.228. The zero-order chi connectivity index (χ0) is 17.6. The predicted octanol–water partition coefficient (Wildman–Crippen LogP) is 5.25. The van der Waals surface area contributed by atoms with Gasteiger partial charge in [0.05, 0.1) is 0 Å². The van der Waals surface area contributed by atoms with Crippen LogP contribution in [-0.2, 0) is 0 Å². The Morgan fingerprint density at radius 1 is 0.739 bits per heavy atom. The van der Waals surface area contributed by atoms with Crippen LogP contribution in [0.2, 0.25) is 0 Å². The van der Waals surface area contributed by atoms with Crippen LogP contribution in [0.3, 0.4) is 0 Å². The first kappa shape index (κ1) is 25.1. The second-order valence-corrected chi connectivity index (χ2v) is 7.69. The Kier molecular flexibility index (Phi) is 26.4. The van der Waals surface area contributed by atoms with E-state index in [2.05, 4.69) is 34.7 Å². The monoisotopic (exact) mass is 390 g/mol. The van der Waals surface area contributed by atoms with Gasteiger partial charge >= 0.3 is 32.8 Å². The van der Waals surface area contributed by atoms with E-state index in [1.165, 1.54) is 89.9 Å². The minimum Gasteiger partial charge on any atom is -0.330 e. The van der Waals surface area contributed by atoms with Crippen molar-refractivity contribution in [2.75, 3.05) is 6.54 Å². The first-order valence-corrected chi connectivity index (χ1v) is 10.6. The molecular formula is C20H42N2Se. The van der Waals surface area contributed by atoms with Gasteiger partial charge in [0.25, 0.3) is 0 Å². The number of rotatable bonds is 15. The molecule has 0 aliphatic rings. The van der Waals surface area contributed by atoms with Gasteiger partial charge in [0, 0.05) is 0 Å². The molecule has 3 heteroatoms. The Labute approximate surface area is 154 Å². The summed E-state index contributed by atoms with van der Waals surface area (Å²) in [6.45, 7) is 4.95. The average Bonchev–Trinajstić information content (AvgIpc) is 2.50. The molecule has 0 bridgehead atoms. The van der Waals surface area contributed by atoms with Gasteiger partial charge < -0.3 is 5.73 Å². The number of allylic oxidation sites excluding steroid dienone is 2. The van der Waals surface area contributed by atoms with Gasteiger partial charge in [-0.25, -0.2) is 0 Å². The van der Waals surface area contributed by atoms with Crippen molar-refractivity contribution in [1.29, 1.82) is 0 Å². The summed E-state index contributed by atoms with van der Waals surface area (Å²) in [4.78, 5) is 0. The molecule has 23 heavy (non-hydrogen) atoms. The second kappa shape index (κ2) is 24.1. The SMILES string of the molecule is CC(N)=[Se].CCCCCCCC/C=C\CCCCCCCCN. The van der Waals surface area contributed by atoms with Crippen LogP contribution in [0.1, 0.15) is 104 Å². The van der Waals surface area contributed by atoms with Crippen LogP contribution in [0, 0.1) is 0 Å². The van der Waals surface area contributed by atoms with Gasteiger partial charge in [-0.3, -0.25) is 0 Å². The smallest absolute Gasteiger partial charge is 0.00773 e. The van der Waals surface area contributed by atoms with Crippen molar-refractivity contribution in [3.63, 3.8) is 0 Å². The second-order valence-electron chi connectivity index (χ2n) is 6.34. The Morgan fingerprint density at radius 3 is 1.48 bits per heavy atom. The van der Waals surface area contributed by atoms with Gasteiger partial charge in [0.1, 0.15) is 0 Å². The molecule has 0 spiro atoms. The van der Waals surface area contributed by atoms with Gasteiger partial charge in [-0.15, -0.1) is 0 Å². The third-order valence-electron chi connectivity index (χ3n) is 3.72. The molecule has 0 saturated carbocycles. The number of nitrogens with two attached hydrogens (primary N) is 2. The van der Waals surface area contributed by atoms with E-state index in [1.54, 1.807) is 6.92 Å².